The molecule has 1 fully saturated rings. The zero-order valence-electron chi connectivity index (χ0n) is 8.95. The first-order valence-corrected chi connectivity index (χ1v) is 5.32. The Morgan fingerprint density at radius 1 is 1.33 bits per heavy atom. The van der Waals surface area contributed by atoms with Gasteiger partial charge in [-0.2, -0.15) is 0 Å². The van der Waals surface area contributed by atoms with Crippen molar-refractivity contribution >= 4 is 11.9 Å². The Hall–Kier alpha value is -1.32. The van der Waals surface area contributed by atoms with Gasteiger partial charge in [0.15, 0.2) is 0 Å². The van der Waals surface area contributed by atoms with E-state index < -0.39 is 12.0 Å². The Kier molecular flexibility index (Phi) is 4.34. The van der Waals surface area contributed by atoms with E-state index in [0.29, 0.717) is 0 Å². The van der Waals surface area contributed by atoms with Crippen molar-refractivity contribution in [2.75, 3.05) is 0 Å². The summed E-state index contributed by atoms with van der Waals surface area (Å²) in [6.07, 6.45) is 6.98. The molecule has 1 rings (SSSR count). The number of aliphatic carboxylic acids is 1. The molecule has 1 amide bonds. The van der Waals surface area contributed by atoms with Gasteiger partial charge >= 0.3 is 5.97 Å². The number of nitrogens with one attached hydrogen (secondary N) is 1. The second kappa shape index (κ2) is 5.53. The lowest BCUT2D eigenvalue weighted by Gasteiger charge is -2.13. The fourth-order valence-electron chi connectivity index (χ4n) is 1.65. The highest BCUT2D eigenvalue weighted by Crippen LogP contribution is 2.22. The molecule has 1 aliphatic carbocycles. The molecule has 0 bridgehead atoms. The molecular formula is C11H17NO3. The molecule has 15 heavy (non-hydrogen) atoms. The first-order chi connectivity index (χ1) is 7.09. The Balaban J connectivity index is 2.43. The van der Waals surface area contributed by atoms with Crippen LogP contribution in [0.15, 0.2) is 11.6 Å². The van der Waals surface area contributed by atoms with Gasteiger partial charge in [-0.1, -0.05) is 12.0 Å². The van der Waals surface area contributed by atoms with E-state index in [2.05, 4.69) is 5.32 Å². The van der Waals surface area contributed by atoms with Crippen LogP contribution in [0, 0.1) is 0 Å². The van der Waals surface area contributed by atoms with Crippen LogP contribution in [0.2, 0.25) is 0 Å². The van der Waals surface area contributed by atoms with Gasteiger partial charge in [-0.15, -0.1) is 0 Å². The van der Waals surface area contributed by atoms with Crippen LogP contribution < -0.4 is 5.32 Å². The number of carbonyl (C=O) groups excluding carboxylic acids is 1. The number of carboxylic acids is 1. The standard InChI is InChI=1S/C11H17NO3/c1-8(11(14)15)12-10(13)7-9-5-3-2-4-6-9/h7-8H,2-6H2,1H3,(H,12,13)(H,14,15). The highest BCUT2D eigenvalue weighted by atomic mass is 16.4. The van der Waals surface area contributed by atoms with Crippen molar-refractivity contribution in [1.82, 2.24) is 5.32 Å². The zero-order chi connectivity index (χ0) is 11.3. The molecule has 0 saturated heterocycles. The predicted molar refractivity (Wildman–Crippen MR) is 56.4 cm³/mol. The van der Waals surface area contributed by atoms with Crippen LogP contribution in [0.4, 0.5) is 0 Å². The number of hydrogen-bond donors (Lipinski definition) is 2. The Labute approximate surface area is 89.4 Å². The van der Waals surface area contributed by atoms with Crippen molar-refractivity contribution in [1.29, 1.82) is 0 Å². The third kappa shape index (κ3) is 4.14. The summed E-state index contributed by atoms with van der Waals surface area (Å²) in [5, 5.41) is 11.0. The molecule has 0 aromatic heterocycles. The summed E-state index contributed by atoms with van der Waals surface area (Å²) >= 11 is 0. The molecule has 1 atom stereocenters. The summed E-state index contributed by atoms with van der Waals surface area (Å²) in [5.41, 5.74) is 1.14. The molecule has 2 N–H and O–H groups in total. The van der Waals surface area contributed by atoms with Gasteiger partial charge in [0.2, 0.25) is 5.91 Å². The molecule has 4 nitrogen and oxygen atoms in total. The number of rotatable bonds is 3. The summed E-state index contributed by atoms with van der Waals surface area (Å²) in [7, 11) is 0. The minimum atomic E-state index is -1.01. The summed E-state index contributed by atoms with van der Waals surface area (Å²) < 4.78 is 0. The fourth-order valence-corrected chi connectivity index (χ4v) is 1.65. The van der Waals surface area contributed by atoms with Crippen LogP contribution in [0.5, 0.6) is 0 Å². The van der Waals surface area contributed by atoms with Crippen molar-refractivity contribution < 1.29 is 14.7 Å². The third-order valence-corrected chi connectivity index (χ3v) is 2.56. The first kappa shape index (κ1) is 11.8. The molecule has 0 heterocycles. The molecule has 1 aliphatic rings. The summed E-state index contributed by atoms with van der Waals surface area (Å²) in [6, 6.07) is -0.821. The molecule has 4 heteroatoms. The average molecular weight is 211 g/mol. The number of carbonyl (C=O) groups is 2. The van der Waals surface area contributed by atoms with E-state index >= 15 is 0 Å². The molecule has 1 unspecified atom stereocenters. The topological polar surface area (TPSA) is 66.4 Å². The van der Waals surface area contributed by atoms with Crippen molar-refractivity contribution in [2.24, 2.45) is 0 Å². The lowest BCUT2D eigenvalue weighted by molar-refractivity contribution is -0.140. The van der Waals surface area contributed by atoms with E-state index in [-0.39, 0.29) is 5.91 Å². The zero-order valence-corrected chi connectivity index (χ0v) is 8.95. The van der Waals surface area contributed by atoms with Crippen molar-refractivity contribution in [3.63, 3.8) is 0 Å². The normalized spacial score (nSPS) is 18.1. The molecule has 1 saturated carbocycles. The second-order valence-corrected chi connectivity index (χ2v) is 3.93. The van der Waals surface area contributed by atoms with E-state index in [1.54, 1.807) is 6.08 Å². The minimum absolute atomic E-state index is 0.290. The van der Waals surface area contributed by atoms with Crippen LogP contribution in [0.1, 0.15) is 39.0 Å². The van der Waals surface area contributed by atoms with Crippen LogP contribution >= 0.6 is 0 Å². The highest BCUT2D eigenvalue weighted by Gasteiger charge is 2.13. The van der Waals surface area contributed by atoms with Gasteiger partial charge < -0.3 is 10.4 Å². The molecule has 0 aromatic rings. The number of amides is 1. The number of hydrogen-bond acceptors (Lipinski definition) is 2. The smallest absolute Gasteiger partial charge is 0.325 e. The Morgan fingerprint density at radius 2 is 1.93 bits per heavy atom. The predicted octanol–water partition coefficient (Wildman–Crippen LogP) is 1.47. The van der Waals surface area contributed by atoms with Gasteiger partial charge in [0.1, 0.15) is 6.04 Å². The lowest BCUT2D eigenvalue weighted by Crippen LogP contribution is -2.37. The molecule has 84 valence electrons. The van der Waals surface area contributed by atoms with Crippen molar-refractivity contribution in [2.45, 2.75) is 45.1 Å². The number of carboxylic acid groups (broad SMARTS) is 1. The maximum absolute atomic E-state index is 11.4. The average Bonchev–Trinajstić information content (AvgIpc) is 2.18. The van der Waals surface area contributed by atoms with Crippen LogP contribution in [0.3, 0.4) is 0 Å². The minimum Gasteiger partial charge on any atom is -0.480 e. The van der Waals surface area contributed by atoms with Gasteiger partial charge in [-0.25, -0.2) is 0 Å². The summed E-state index contributed by atoms with van der Waals surface area (Å²) in [4.78, 5) is 21.9. The SMILES string of the molecule is CC(NC(=O)C=C1CCCCC1)C(=O)O. The second-order valence-electron chi connectivity index (χ2n) is 3.93. The monoisotopic (exact) mass is 211 g/mol. The van der Waals surface area contributed by atoms with Gasteiger partial charge in [0.05, 0.1) is 0 Å². The van der Waals surface area contributed by atoms with Crippen LogP contribution in [0.25, 0.3) is 0 Å². The van der Waals surface area contributed by atoms with Crippen molar-refractivity contribution in [3.05, 3.63) is 11.6 Å². The van der Waals surface area contributed by atoms with Gasteiger partial charge in [0.25, 0.3) is 0 Å². The van der Waals surface area contributed by atoms with Crippen molar-refractivity contribution in [3.8, 4) is 0 Å². The fraction of sp³-hybridized carbons (Fsp3) is 0.636. The third-order valence-electron chi connectivity index (χ3n) is 2.56. The number of allylic oxidation sites excluding steroid dienone is 1. The largest absolute Gasteiger partial charge is 0.480 e. The summed E-state index contributed by atoms with van der Waals surface area (Å²) in [5.74, 6) is -1.30. The van der Waals surface area contributed by atoms with E-state index in [9.17, 15) is 9.59 Å². The molecule has 0 radical (unpaired) electrons. The van der Waals surface area contributed by atoms with Gasteiger partial charge in [-0.3, -0.25) is 9.59 Å². The Morgan fingerprint density at radius 3 is 2.47 bits per heavy atom. The molecule has 0 aliphatic heterocycles. The lowest BCUT2D eigenvalue weighted by atomic mass is 9.94. The molecule has 0 aromatic carbocycles. The van der Waals surface area contributed by atoms with E-state index in [1.165, 1.54) is 13.3 Å². The Bertz CT molecular complexity index is 276. The first-order valence-electron chi connectivity index (χ1n) is 5.32. The van der Waals surface area contributed by atoms with Crippen LogP contribution in [-0.2, 0) is 9.59 Å². The van der Waals surface area contributed by atoms with E-state index in [1.807, 2.05) is 0 Å². The quantitative estimate of drug-likeness (QED) is 0.694. The molecule has 0 spiro atoms. The summed E-state index contributed by atoms with van der Waals surface area (Å²) in [6.45, 7) is 1.46. The maximum Gasteiger partial charge on any atom is 0.325 e. The van der Waals surface area contributed by atoms with E-state index in [0.717, 1.165) is 31.3 Å². The van der Waals surface area contributed by atoms with Gasteiger partial charge in [0, 0.05) is 6.08 Å². The van der Waals surface area contributed by atoms with Gasteiger partial charge in [-0.05, 0) is 32.6 Å². The highest BCUT2D eigenvalue weighted by molar-refractivity contribution is 5.91. The van der Waals surface area contributed by atoms with E-state index in [4.69, 9.17) is 5.11 Å². The maximum atomic E-state index is 11.4. The van der Waals surface area contributed by atoms with Crippen LogP contribution in [-0.4, -0.2) is 23.0 Å². The molecular weight excluding hydrogens is 194 g/mol.